The van der Waals surface area contributed by atoms with Crippen molar-refractivity contribution >= 4 is 63.4 Å². The number of aromatic amines is 1. The minimum atomic E-state index is -5.19. The van der Waals surface area contributed by atoms with E-state index >= 15 is 0 Å². The number of anilines is 1. The van der Waals surface area contributed by atoms with Crippen LogP contribution in [0.25, 0.3) is 22.2 Å². The van der Waals surface area contributed by atoms with Gasteiger partial charge in [-0.15, -0.1) is 0 Å². The van der Waals surface area contributed by atoms with E-state index in [1.165, 1.54) is 11.1 Å². The molecule has 15 N–H and O–H groups in total. The fraction of sp³-hybridized carbons (Fsp3) is 0.585. The zero-order valence-corrected chi connectivity index (χ0v) is 39.4. The Kier molecular flexibility index (Phi) is 22.5. The average Bonchev–Trinajstić information content (AvgIpc) is 3.87. The van der Waals surface area contributed by atoms with E-state index in [1.54, 1.807) is 17.0 Å². The fourth-order valence-electron chi connectivity index (χ4n) is 7.56. The normalized spacial score (nSPS) is 16.8. The first-order valence-corrected chi connectivity index (χ1v) is 22.2. The number of benzene rings is 1. The largest absolute Gasteiger partial charge is 0.542 e. The first-order valence-electron chi connectivity index (χ1n) is 21.9. The minimum absolute atomic E-state index is 0.0646. The second-order valence-electron chi connectivity index (χ2n) is 16.2. The molecule has 0 spiro atoms. The molecule has 2 amide bonds. The lowest BCUT2D eigenvalue weighted by Crippen LogP contribution is -2.56. The van der Waals surface area contributed by atoms with Gasteiger partial charge in [-0.3, -0.25) is 14.5 Å². The number of likely N-dealkylation sites (tertiary alicyclic amines) is 1. The number of nitrogens with one attached hydrogen (secondary N) is 2. The number of carboxylic acid groups (broad SMARTS) is 2. The molecule has 32 heteroatoms. The number of aryl methyl sites for hydroxylation is 2. The first-order chi connectivity index (χ1) is 33.9. The molecule has 8 atom stereocenters. The molecule has 3 aromatic heterocycles. The number of imidazole rings is 1. The predicted octanol–water partition coefficient (Wildman–Crippen LogP) is -3.88. The molecule has 1 saturated heterocycles. The summed E-state index contributed by atoms with van der Waals surface area (Å²) in [4.78, 5) is 59.4. The molecule has 0 radical (unpaired) electrons. The van der Waals surface area contributed by atoms with Gasteiger partial charge in [0.25, 0.3) is 17.6 Å². The summed E-state index contributed by atoms with van der Waals surface area (Å²) in [5.41, 5.74) is 8.63. The molecule has 0 saturated carbocycles. The zero-order valence-electron chi connectivity index (χ0n) is 38.7. The van der Waals surface area contributed by atoms with E-state index in [1.807, 2.05) is 29.0 Å². The number of halogens is 7. The summed E-state index contributed by atoms with van der Waals surface area (Å²) in [6.07, 6.45) is -22.8. The third-order valence-corrected chi connectivity index (χ3v) is 11.7. The quantitative estimate of drug-likeness (QED) is 0.0315. The van der Waals surface area contributed by atoms with E-state index < -0.39 is 111 Å². The lowest BCUT2D eigenvalue weighted by atomic mass is 9.97. The molecule has 1 fully saturated rings. The number of carbonyl (C=O) groups excluding carboxylic acids is 3. The van der Waals surface area contributed by atoms with Gasteiger partial charge in [0.15, 0.2) is 28.2 Å². The van der Waals surface area contributed by atoms with Crippen LogP contribution in [-0.2, 0) is 29.2 Å². The number of rotatable bonds is 19. The third kappa shape index (κ3) is 16.0. The highest BCUT2D eigenvalue weighted by atomic mass is 35.5. The van der Waals surface area contributed by atoms with Crippen molar-refractivity contribution in [3.8, 4) is 0 Å². The maximum Gasteiger partial charge on any atom is 0.490 e. The van der Waals surface area contributed by atoms with Crippen LogP contribution in [0.2, 0.25) is 5.02 Å². The molecule has 1 aromatic carbocycles. The van der Waals surface area contributed by atoms with Crippen molar-refractivity contribution in [2.75, 3.05) is 45.1 Å². The summed E-state index contributed by atoms with van der Waals surface area (Å²) in [6.45, 7) is 2.93. The number of nitrogens with zero attached hydrogens (tertiary/aromatic N) is 6. The van der Waals surface area contributed by atoms with Crippen LogP contribution in [0, 0.1) is 0 Å². The number of aliphatic hydroxyl groups is 10. The zero-order chi connectivity index (χ0) is 55.4. The molecule has 1 aliphatic heterocycles. The van der Waals surface area contributed by atoms with Crippen LogP contribution in [0.3, 0.4) is 0 Å². The Morgan fingerprint density at radius 3 is 1.81 bits per heavy atom. The minimum Gasteiger partial charge on any atom is -0.542 e. The van der Waals surface area contributed by atoms with Crippen molar-refractivity contribution in [3.05, 3.63) is 46.5 Å². The Bertz CT molecular complexity index is 2440. The molecule has 0 aliphatic carbocycles. The smallest absolute Gasteiger partial charge is 0.490 e. The molecular formula is C41H56ClF6N9O16. The van der Waals surface area contributed by atoms with Gasteiger partial charge in [-0.05, 0) is 38.8 Å². The van der Waals surface area contributed by atoms with Crippen molar-refractivity contribution < 1.29 is 111 Å². The molecule has 1 aliphatic rings. The lowest BCUT2D eigenvalue weighted by Gasteiger charge is -2.41. The van der Waals surface area contributed by atoms with Crippen LogP contribution < -0.4 is 20.7 Å². The number of hydrogen-bond donors (Lipinski definition) is 14. The van der Waals surface area contributed by atoms with E-state index in [0.29, 0.717) is 47.7 Å². The lowest BCUT2D eigenvalue weighted by molar-refractivity contribution is -0.676. The summed E-state index contributed by atoms with van der Waals surface area (Å²) < 4.78 is 67.3. The number of carbonyl (C=O) groups is 4. The summed E-state index contributed by atoms with van der Waals surface area (Å²) in [5.74, 6) is -5.88. The number of amides is 2. The number of aliphatic carboxylic acids is 2. The number of piperidine rings is 1. The SMILES string of the molecule is CCn1c(CNC(=O)c2nc3c(Cl)c[nH]c3nc2N)[n+](CC)c2ccc(C(=O)N3CCC(N(C[C@H](O)[C@@H](O)[C@H](O)[C@H](O)CO)C[C@H](O)[C@@H](O)[C@H](O)[C@H](O)CO)CC3)cc21.O=C(O)C(F)(F)F.O=C([O-])C(F)(F)F. The second-order valence-corrected chi connectivity index (χ2v) is 16.7. The highest BCUT2D eigenvalue weighted by Crippen LogP contribution is 2.25. The van der Waals surface area contributed by atoms with E-state index in [0.717, 1.165) is 16.9 Å². The van der Waals surface area contributed by atoms with Gasteiger partial charge in [-0.1, -0.05) is 11.6 Å². The van der Waals surface area contributed by atoms with Gasteiger partial charge < -0.3 is 87.0 Å². The Hall–Kier alpha value is -5.58. The first kappa shape index (κ1) is 61.7. The van der Waals surface area contributed by atoms with Crippen LogP contribution in [0.1, 0.15) is 53.4 Å². The van der Waals surface area contributed by atoms with E-state index in [-0.39, 0.29) is 37.1 Å². The molecule has 0 bridgehead atoms. The molecule has 5 rings (SSSR count). The van der Waals surface area contributed by atoms with Gasteiger partial charge >= 0.3 is 18.3 Å². The maximum atomic E-state index is 14.0. The number of carboxylic acids is 2. The third-order valence-electron chi connectivity index (χ3n) is 11.4. The number of aromatic nitrogens is 5. The fourth-order valence-corrected chi connectivity index (χ4v) is 7.75. The number of hydrogen-bond acceptors (Lipinski definition) is 19. The Balaban J connectivity index is 0.000000878. The van der Waals surface area contributed by atoms with Crippen molar-refractivity contribution in [2.24, 2.45) is 0 Å². The predicted molar refractivity (Wildman–Crippen MR) is 235 cm³/mol. The molecule has 4 aromatic rings. The van der Waals surface area contributed by atoms with Crippen molar-refractivity contribution in [3.63, 3.8) is 0 Å². The topological polar surface area (TPSA) is 409 Å². The van der Waals surface area contributed by atoms with E-state index in [4.69, 9.17) is 37.1 Å². The van der Waals surface area contributed by atoms with Gasteiger partial charge in [0.05, 0.1) is 43.5 Å². The highest BCUT2D eigenvalue weighted by molar-refractivity contribution is 6.35. The van der Waals surface area contributed by atoms with Crippen molar-refractivity contribution in [1.29, 1.82) is 0 Å². The van der Waals surface area contributed by atoms with Crippen LogP contribution in [0.5, 0.6) is 0 Å². The van der Waals surface area contributed by atoms with Crippen LogP contribution in [-0.4, -0.2) is 216 Å². The molecular weight excluding hydrogens is 1020 g/mol. The molecule has 410 valence electrons. The monoisotopic (exact) mass is 1080 g/mol. The number of nitrogens with two attached hydrogens (primary N) is 1. The number of nitrogen functional groups attached to an aromatic ring is 1. The number of alkyl halides is 6. The number of aliphatic hydroxyl groups excluding tert-OH is 10. The molecule has 0 unspecified atom stereocenters. The van der Waals surface area contributed by atoms with Crippen molar-refractivity contribution in [2.45, 2.75) is 114 Å². The Labute approximate surface area is 413 Å². The number of fused-ring (bicyclic) bond motifs is 2. The van der Waals surface area contributed by atoms with Crippen LogP contribution in [0.15, 0.2) is 24.4 Å². The molecule has 4 heterocycles. The van der Waals surface area contributed by atoms with Gasteiger partial charge in [0.2, 0.25) is 0 Å². The van der Waals surface area contributed by atoms with Crippen LogP contribution >= 0.6 is 11.6 Å². The highest BCUT2D eigenvalue weighted by Gasteiger charge is 2.39. The average molecular weight is 1080 g/mol. The van der Waals surface area contributed by atoms with E-state index in [9.17, 15) is 87.0 Å². The maximum absolute atomic E-state index is 14.0. The van der Waals surface area contributed by atoms with E-state index in [2.05, 4.69) is 20.3 Å². The van der Waals surface area contributed by atoms with Gasteiger partial charge in [-0.2, -0.15) is 26.3 Å². The summed E-state index contributed by atoms with van der Waals surface area (Å²) >= 11 is 6.18. The Morgan fingerprint density at radius 2 is 1.37 bits per heavy atom. The van der Waals surface area contributed by atoms with Gasteiger partial charge in [0, 0.05) is 50.0 Å². The summed E-state index contributed by atoms with van der Waals surface area (Å²) in [6, 6.07) is 4.88. The van der Waals surface area contributed by atoms with Gasteiger partial charge in [0.1, 0.15) is 54.7 Å². The summed E-state index contributed by atoms with van der Waals surface area (Å²) in [7, 11) is 0. The Morgan fingerprint density at radius 1 is 0.877 bits per heavy atom. The van der Waals surface area contributed by atoms with Crippen molar-refractivity contribution in [1.82, 2.24) is 34.6 Å². The van der Waals surface area contributed by atoms with Crippen LogP contribution in [0.4, 0.5) is 32.2 Å². The number of H-pyrrole nitrogens is 1. The summed E-state index contributed by atoms with van der Waals surface area (Å²) in [5, 5.41) is 120. The second kappa shape index (κ2) is 26.6. The standard InChI is InChI=1S/C37H54ClN9O12.2C2HF3O2/c1-3-46-21-6-5-18(11-22(21)47(4-2)27(46)13-41-36(58)29-34(39)43-35-28(42-29)20(38)12-40-35)37(59)44-9-7-19(8-10-44)45(14-23(50)30(54)32(56)25(52)16-48)15-24(51)31(55)33(57)26(53)17-49;2*3-2(4,5)1(6)7/h5-6,11-12,19,23-26,30-33,48-57H,3-4,7-10,13-17H2,1-2H3,(H3-,39,40,41,42,43,58);2*(H,6,7)/t23-,24-,25+,26+,30+,31+,32+,33+;;/m0../s1. The van der Waals surface area contributed by atoms with Gasteiger partial charge in [-0.25, -0.2) is 23.9 Å². The molecule has 73 heavy (non-hydrogen) atoms. The molecule has 25 nitrogen and oxygen atoms in total.